The molecule has 0 saturated heterocycles. The van der Waals surface area contributed by atoms with Crippen LogP contribution in [0.3, 0.4) is 0 Å². The number of fused-ring (bicyclic) bond motifs is 1. The molecular formula is C21H14N6O3. The monoisotopic (exact) mass is 398 g/mol. The molecule has 9 nitrogen and oxygen atoms in total. The third-order valence-corrected chi connectivity index (χ3v) is 4.57. The van der Waals surface area contributed by atoms with Gasteiger partial charge in [-0.2, -0.15) is 4.98 Å². The maximum atomic E-state index is 13.0. The summed E-state index contributed by atoms with van der Waals surface area (Å²) in [5.41, 5.74) is 1.47. The van der Waals surface area contributed by atoms with Crippen molar-refractivity contribution in [3.63, 3.8) is 0 Å². The van der Waals surface area contributed by atoms with Crippen LogP contribution in [0.4, 0.5) is 0 Å². The number of nitrogens with zero attached hydrogens (tertiary/aromatic N) is 6. The van der Waals surface area contributed by atoms with E-state index in [4.69, 9.17) is 4.52 Å². The van der Waals surface area contributed by atoms with Gasteiger partial charge in [0.05, 0.1) is 12.2 Å². The van der Waals surface area contributed by atoms with E-state index in [0.717, 1.165) is 5.56 Å². The van der Waals surface area contributed by atoms with Gasteiger partial charge in [-0.25, -0.2) is 4.98 Å². The Labute approximate surface area is 168 Å². The van der Waals surface area contributed by atoms with Crippen LogP contribution >= 0.6 is 0 Å². The highest BCUT2D eigenvalue weighted by Gasteiger charge is 2.15. The van der Waals surface area contributed by atoms with Crippen LogP contribution in [0.25, 0.3) is 28.5 Å². The van der Waals surface area contributed by atoms with Crippen LogP contribution in [0.2, 0.25) is 0 Å². The Hall–Kier alpha value is -4.40. The van der Waals surface area contributed by atoms with Crippen molar-refractivity contribution in [1.82, 2.24) is 29.1 Å². The lowest BCUT2D eigenvalue weighted by molar-refractivity contribution is 0.431. The molecule has 0 N–H and O–H groups in total. The van der Waals surface area contributed by atoms with Crippen molar-refractivity contribution >= 4 is 5.65 Å². The Kier molecular flexibility index (Phi) is 4.25. The van der Waals surface area contributed by atoms with Gasteiger partial charge in [0.1, 0.15) is 11.2 Å². The summed E-state index contributed by atoms with van der Waals surface area (Å²) in [6.07, 6.45) is 6.53. The number of aromatic nitrogens is 6. The van der Waals surface area contributed by atoms with Gasteiger partial charge in [-0.15, -0.1) is 0 Å². The summed E-state index contributed by atoms with van der Waals surface area (Å²) < 4.78 is 8.20. The van der Waals surface area contributed by atoms with Crippen LogP contribution < -0.4 is 11.1 Å². The second kappa shape index (κ2) is 7.21. The molecule has 0 fully saturated rings. The first-order valence-corrected chi connectivity index (χ1v) is 9.10. The Balaban J connectivity index is 1.51. The zero-order valence-electron chi connectivity index (χ0n) is 15.5. The van der Waals surface area contributed by atoms with E-state index in [2.05, 4.69) is 20.1 Å². The molecule has 0 atom stereocenters. The Morgan fingerprint density at radius 1 is 0.933 bits per heavy atom. The van der Waals surface area contributed by atoms with E-state index in [9.17, 15) is 9.59 Å². The van der Waals surface area contributed by atoms with Crippen LogP contribution in [0.15, 0.2) is 87.4 Å². The van der Waals surface area contributed by atoms with Gasteiger partial charge in [0, 0.05) is 36.4 Å². The maximum Gasteiger partial charge on any atom is 0.263 e. The zero-order chi connectivity index (χ0) is 20.5. The van der Waals surface area contributed by atoms with Crippen LogP contribution in [-0.4, -0.2) is 29.1 Å². The van der Waals surface area contributed by atoms with Gasteiger partial charge in [0.25, 0.3) is 17.0 Å². The molecule has 9 heteroatoms. The molecule has 30 heavy (non-hydrogen) atoms. The predicted octanol–water partition coefficient (Wildman–Crippen LogP) is 2.02. The van der Waals surface area contributed by atoms with Gasteiger partial charge in [-0.05, 0) is 36.4 Å². The molecule has 0 saturated carbocycles. The van der Waals surface area contributed by atoms with Gasteiger partial charge in [-0.1, -0.05) is 11.2 Å². The summed E-state index contributed by atoms with van der Waals surface area (Å²) in [6.45, 7) is 0.138. The summed E-state index contributed by atoms with van der Waals surface area (Å²) in [4.78, 5) is 38.0. The highest BCUT2D eigenvalue weighted by Crippen LogP contribution is 2.19. The van der Waals surface area contributed by atoms with Gasteiger partial charge in [0.15, 0.2) is 0 Å². The minimum Gasteiger partial charge on any atom is -0.333 e. The standard InChI is InChI=1S/C21H14N6O3/c28-18-12-15(23-17-5-1-2-11-27(17)18)13-26-10-3-4-16(21(26)29)20-24-19(25-30-20)14-6-8-22-9-7-14/h1-12H,13H2. The van der Waals surface area contributed by atoms with E-state index in [1.165, 1.54) is 15.0 Å². The van der Waals surface area contributed by atoms with E-state index in [0.29, 0.717) is 17.2 Å². The van der Waals surface area contributed by atoms with E-state index >= 15 is 0 Å². The predicted molar refractivity (Wildman–Crippen MR) is 108 cm³/mol. The average Bonchev–Trinajstić information content (AvgIpc) is 3.26. The van der Waals surface area contributed by atoms with E-state index < -0.39 is 0 Å². The van der Waals surface area contributed by atoms with Crippen LogP contribution in [-0.2, 0) is 6.54 Å². The summed E-state index contributed by atoms with van der Waals surface area (Å²) >= 11 is 0. The zero-order valence-corrected chi connectivity index (χ0v) is 15.5. The summed E-state index contributed by atoms with van der Waals surface area (Å²) in [7, 11) is 0. The largest absolute Gasteiger partial charge is 0.333 e. The lowest BCUT2D eigenvalue weighted by atomic mass is 10.2. The first-order chi connectivity index (χ1) is 14.7. The summed E-state index contributed by atoms with van der Waals surface area (Å²) in [5.74, 6) is 0.485. The number of pyridine rings is 3. The van der Waals surface area contributed by atoms with Crippen molar-refractivity contribution in [2.75, 3.05) is 0 Å². The minimum atomic E-state index is -0.322. The molecule has 146 valence electrons. The SMILES string of the molecule is O=c1c(-c2nc(-c3ccncc3)no2)cccn1Cc1cc(=O)n2ccccc2n1. The van der Waals surface area contributed by atoms with Crippen LogP contribution in [0.5, 0.6) is 0 Å². The van der Waals surface area contributed by atoms with E-state index in [-0.39, 0.29) is 29.1 Å². The van der Waals surface area contributed by atoms with Crippen LogP contribution in [0.1, 0.15) is 5.69 Å². The Bertz CT molecular complexity index is 1470. The maximum absolute atomic E-state index is 13.0. The first-order valence-electron chi connectivity index (χ1n) is 9.10. The highest BCUT2D eigenvalue weighted by molar-refractivity contribution is 5.58. The molecule has 0 aliphatic heterocycles. The lowest BCUT2D eigenvalue weighted by Crippen LogP contribution is -2.23. The average molecular weight is 398 g/mol. The number of hydrogen-bond donors (Lipinski definition) is 0. The molecule has 0 bridgehead atoms. The Morgan fingerprint density at radius 2 is 1.80 bits per heavy atom. The first kappa shape index (κ1) is 17.7. The third-order valence-electron chi connectivity index (χ3n) is 4.57. The Morgan fingerprint density at radius 3 is 2.67 bits per heavy atom. The summed E-state index contributed by atoms with van der Waals surface area (Å²) in [6, 6.07) is 13.5. The van der Waals surface area contributed by atoms with Crippen molar-refractivity contribution in [1.29, 1.82) is 0 Å². The highest BCUT2D eigenvalue weighted by atomic mass is 16.5. The molecule has 0 amide bonds. The second-order valence-corrected chi connectivity index (χ2v) is 6.53. The van der Waals surface area contributed by atoms with Crippen molar-refractivity contribution in [3.05, 3.63) is 99.7 Å². The van der Waals surface area contributed by atoms with Crippen molar-refractivity contribution < 1.29 is 4.52 Å². The molecule has 5 aromatic heterocycles. The molecule has 0 aliphatic carbocycles. The van der Waals surface area contributed by atoms with E-state index in [1.807, 2.05) is 0 Å². The topological polar surface area (TPSA) is 108 Å². The molecule has 0 spiro atoms. The molecular weight excluding hydrogens is 384 g/mol. The molecule has 5 heterocycles. The fourth-order valence-corrected chi connectivity index (χ4v) is 3.13. The van der Waals surface area contributed by atoms with Crippen molar-refractivity contribution in [2.45, 2.75) is 6.54 Å². The number of rotatable bonds is 4. The van der Waals surface area contributed by atoms with Gasteiger partial charge in [-0.3, -0.25) is 19.0 Å². The van der Waals surface area contributed by atoms with Gasteiger partial charge < -0.3 is 9.09 Å². The molecule has 5 rings (SSSR count). The molecule has 0 aliphatic rings. The third kappa shape index (κ3) is 3.18. The van der Waals surface area contributed by atoms with Crippen LogP contribution in [0, 0.1) is 0 Å². The number of hydrogen-bond acceptors (Lipinski definition) is 7. The quantitative estimate of drug-likeness (QED) is 0.456. The second-order valence-electron chi connectivity index (χ2n) is 6.53. The molecule has 0 aromatic carbocycles. The van der Waals surface area contributed by atoms with E-state index in [1.54, 1.807) is 67.3 Å². The molecule has 0 unspecified atom stereocenters. The summed E-state index contributed by atoms with van der Waals surface area (Å²) in [5, 5.41) is 3.94. The fourth-order valence-electron chi connectivity index (χ4n) is 3.13. The molecule has 5 aromatic rings. The van der Waals surface area contributed by atoms with Gasteiger partial charge in [0.2, 0.25) is 5.82 Å². The fraction of sp³-hybridized carbons (Fsp3) is 0.0476. The lowest BCUT2D eigenvalue weighted by Gasteiger charge is -2.07. The van der Waals surface area contributed by atoms with Gasteiger partial charge >= 0.3 is 0 Å². The smallest absolute Gasteiger partial charge is 0.263 e. The van der Waals surface area contributed by atoms with Crippen molar-refractivity contribution in [3.8, 4) is 22.8 Å². The normalized spacial score (nSPS) is 11.1. The molecule has 0 radical (unpaired) electrons. The van der Waals surface area contributed by atoms with Crippen molar-refractivity contribution in [2.24, 2.45) is 0 Å². The minimum absolute atomic E-state index is 0.118.